The highest BCUT2D eigenvalue weighted by molar-refractivity contribution is 6.32. The van der Waals surface area contributed by atoms with Crippen molar-refractivity contribution in [2.24, 2.45) is 5.92 Å². The number of nitrogens with one attached hydrogen (secondary N) is 1. The van der Waals surface area contributed by atoms with Crippen molar-refractivity contribution in [3.63, 3.8) is 0 Å². The molecule has 0 aromatic heterocycles. The number of halogens is 1. The zero-order valence-electron chi connectivity index (χ0n) is 12.0. The lowest BCUT2D eigenvalue weighted by Crippen LogP contribution is -2.19. The van der Waals surface area contributed by atoms with Gasteiger partial charge in [0.2, 0.25) is 0 Å². The first kappa shape index (κ1) is 16.3. The van der Waals surface area contributed by atoms with Gasteiger partial charge in [-0.15, -0.1) is 0 Å². The molecule has 1 N–H and O–H groups in total. The molecule has 0 saturated heterocycles. The van der Waals surface area contributed by atoms with Crippen molar-refractivity contribution < 1.29 is 9.47 Å². The van der Waals surface area contributed by atoms with E-state index < -0.39 is 0 Å². The molecule has 19 heavy (non-hydrogen) atoms. The molecule has 108 valence electrons. The number of rotatable bonds is 9. The molecule has 0 fully saturated rings. The monoisotopic (exact) mass is 285 g/mol. The molecule has 0 aliphatic rings. The third-order valence-electron chi connectivity index (χ3n) is 3.06. The van der Waals surface area contributed by atoms with Gasteiger partial charge in [0.05, 0.1) is 18.2 Å². The summed E-state index contributed by atoms with van der Waals surface area (Å²) in [5.74, 6) is 1.33. The minimum absolute atomic E-state index is 0.533. The lowest BCUT2D eigenvalue weighted by molar-refractivity contribution is 0.199. The smallest absolute Gasteiger partial charge is 0.142 e. The number of hydrogen-bond acceptors (Lipinski definition) is 3. The molecule has 3 nitrogen and oxygen atoms in total. The van der Waals surface area contributed by atoms with Gasteiger partial charge in [-0.3, -0.25) is 0 Å². The summed E-state index contributed by atoms with van der Waals surface area (Å²) in [6.07, 6.45) is 1.10. The van der Waals surface area contributed by atoms with Gasteiger partial charge >= 0.3 is 0 Å². The zero-order chi connectivity index (χ0) is 14.1. The van der Waals surface area contributed by atoms with Crippen molar-refractivity contribution >= 4 is 11.6 Å². The molecule has 4 heteroatoms. The van der Waals surface area contributed by atoms with E-state index in [1.165, 1.54) is 0 Å². The van der Waals surface area contributed by atoms with E-state index in [1.807, 2.05) is 18.2 Å². The van der Waals surface area contributed by atoms with Crippen LogP contribution in [0.15, 0.2) is 18.2 Å². The molecule has 0 amide bonds. The predicted octanol–water partition coefficient (Wildman–Crippen LogP) is 3.50. The largest absolute Gasteiger partial charge is 0.491 e. The summed E-state index contributed by atoms with van der Waals surface area (Å²) in [7, 11) is 1.70. The van der Waals surface area contributed by atoms with Gasteiger partial charge in [0.15, 0.2) is 0 Å². The maximum Gasteiger partial charge on any atom is 0.142 e. The number of methoxy groups -OCH3 is 1. The Bertz CT molecular complexity index is 371. The van der Waals surface area contributed by atoms with E-state index in [4.69, 9.17) is 21.1 Å². The lowest BCUT2D eigenvalue weighted by Gasteiger charge is -2.16. The fraction of sp³-hybridized carbons (Fsp3) is 0.600. The molecule has 1 aromatic rings. The number of ether oxygens (including phenoxy) is 2. The van der Waals surface area contributed by atoms with Gasteiger partial charge in [0.25, 0.3) is 0 Å². The van der Waals surface area contributed by atoms with E-state index in [0.29, 0.717) is 24.2 Å². The molecule has 1 unspecified atom stereocenters. The Labute approximate surface area is 121 Å². The van der Waals surface area contributed by atoms with Crippen molar-refractivity contribution in [2.75, 3.05) is 26.9 Å². The van der Waals surface area contributed by atoms with Gasteiger partial charge in [-0.2, -0.15) is 0 Å². The first-order valence-electron chi connectivity index (χ1n) is 6.78. The van der Waals surface area contributed by atoms with Crippen LogP contribution in [0, 0.1) is 5.92 Å². The minimum atomic E-state index is 0.533. The van der Waals surface area contributed by atoms with Crippen molar-refractivity contribution in [3.8, 4) is 5.75 Å². The van der Waals surface area contributed by atoms with Crippen LogP contribution >= 0.6 is 11.6 Å². The van der Waals surface area contributed by atoms with Crippen molar-refractivity contribution in [1.82, 2.24) is 5.32 Å². The summed E-state index contributed by atoms with van der Waals surface area (Å²) in [5.41, 5.74) is 1.09. The number of benzene rings is 1. The maximum atomic E-state index is 6.22. The van der Waals surface area contributed by atoms with Crippen LogP contribution in [0.2, 0.25) is 5.02 Å². The molecule has 0 bridgehead atoms. The second-order valence-electron chi connectivity index (χ2n) is 4.72. The molecule has 0 spiro atoms. The second-order valence-corrected chi connectivity index (χ2v) is 5.13. The summed E-state index contributed by atoms with van der Waals surface area (Å²) < 4.78 is 10.9. The zero-order valence-corrected chi connectivity index (χ0v) is 12.8. The number of hydrogen-bond donors (Lipinski definition) is 1. The molecule has 1 atom stereocenters. The molecular weight excluding hydrogens is 262 g/mol. The molecule has 0 heterocycles. The van der Waals surface area contributed by atoms with Gasteiger partial charge in [-0.05, 0) is 12.0 Å². The van der Waals surface area contributed by atoms with Crippen LogP contribution in [0.3, 0.4) is 0 Å². The standard InChI is InChI=1S/C15H24ClNO2/c1-4-12(2)11-19-15-13(6-5-7-14(15)16)10-17-8-9-18-3/h5-7,12,17H,4,8-11H2,1-3H3. The Balaban J connectivity index is 2.61. The van der Waals surface area contributed by atoms with Crippen LogP contribution in [-0.4, -0.2) is 26.9 Å². The van der Waals surface area contributed by atoms with Crippen LogP contribution < -0.4 is 10.1 Å². The molecular formula is C15H24ClNO2. The van der Waals surface area contributed by atoms with E-state index in [9.17, 15) is 0 Å². The van der Waals surface area contributed by atoms with E-state index >= 15 is 0 Å². The van der Waals surface area contributed by atoms with Crippen LogP contribution in [0.25, 0.3) is 0 Å². The average molecular weight is 286 g/mol. The van der Waals surface area contributed by atoms with Gasteiger partial charge in [-0.1, -0.05) is 44.0 Å². The maximum absolute atomic E-state index is 6.22. The lowest BCUT2D eigenvalue weighted by atomic mass is 10.1. The summed E-state index contributed by atoms with van der Waals surface area (Å²) in [5, 5.41) is 3.98. The Morgan fingerprint density at radius 1 is 1.37 bits per heavy atom. The molecule has 1 rings (SSSR count). The normalized spacial score (nSPS) is 12.4. The van der Waals surface area contributed by atoms with E-state index in [1.54, 1.807) is 7.11 Å². The topological polar surface area (TPSA) is 30.5 Å². The first-order valence-corrected chi connectivity index (χ1v) is 7.16. The molecule has 1 aromatic carbocycles. The third-order valence-corrected chi connectivity index (χ3v) is 3.35. The summed E-state index contributed by atoms with van der Waals surface area (Å²) in [6, 6.07) is 5.86. The third kappa shape index (κ3) is 5.81. The Morgan fingerprint density at radius 2 is 2.16 bits per heavy atom. The van der Waals surface area contributed by atoms with Crippen LogP contribution in [0.4, 0.5) is 0 Å². The highest BCUT2D eigenvalue weighted by Crippen LogP contribution is 2.29. The Kier molecular flexibility index (Phi) is 7.87. The highest BCUT2D eigenvalue weighted by Gasteiger charge is 2.09. The average Bonchev–Trinajstić information content (AvgIpc) is 2.42. The van der Waals surface area contributed by atoms with E-state index in [-0.39, 0.29) is 0 Å². The van der Waals surface area contributed by atoms with Crippen LogP contribution in [0.1, 0.15) is 25.8 Å². The van der Waals surface area contributed by atoms with Crippen LogP contribution in [-0.2, 0) is 11.3 Å². The summed E-state index contributed by atoms with van der Waals surface area (Å²) >= 11 is 6.22. The fourth-order valence-electron chi connectivity index (χ4n) is 1.60. The predicted molar refractivity (Wildman–Crippen MR) is 80.0 cm³/mol. The van der Waals surface area contributed by atoms with Gasteiger partial charge in [0.1, 0.15) is 5.75 Å². The fourth-order valence-corrected chi connectivity index (χ4v) is 1.84. The quantitative estimate of drug-likeness (QED) is 0.705. The van der Waals surface area contributed by atoms with Gasteiger partial charge < -0.3 is 14.8 Å². The molecule has 0 saturated carbocycles. The SMILES string of the molecule is CCC(C)COc1c(Cl)cccc1CNCCOC. The summed E-state index contributed by atoms with van der Waals surface area (Å²) in [4.78, 5) is 0. The molecule has 0 aliphatic carbocycles. The number of para-hydroxylation sites is 1. The van der Waals surface area contributed by atoms with Gasteiger partial charge in [-0.25, -0.2) is 0 Å². The van der Waals surface area contributed by atoms with E-state index in [0.717, 1.165) is 30.8 Å². The van der Waals surface area contributed by atoms with Crippen LogP contribution in [0.5, 0.6) is 5.75 Å². The summed E-state index contributed by atoms with van der Waals surface area (Å²) in [6.45, 7) is 7.28. The van der Waals surface area contributed by atoms with E-state index in [2.05, 4.69) is 19.2 Å². The second kappa shape index (κ2) is 9.18. The minimum Gasteiger partial charge on any atom is -0.491 e. The Morgan fingerprint density at radius 3 is 2.84 bits per heavy atom. The van der Waals surface area contributed by atoms with Crippen molar-refractivity contribution in [3.05, 3.63) is 28.8 Å². The Hall–Kier alpha value is -0.770. The highest BCUT2D eigenvalue weighted by atomic mass is 35.5. The van der Waals surface area contributed by atoms with Crippen molar-refractivity contribution in [1.29, 1.82) is 0 Å². The van der Waals surface area contributed by atoms with Gasteiger partial charge in [0, 0.05) is 25.8 Å². The van der Waals surface area contributed by atoms with Crippen molar-refractivity contribution in [2.45, 2.75) is 26.8 Å². The first-order chi connectivity index (χ1) is 9.19. The molecule has 0 radical (unpaired) electrons. The molecule has 0 aliphatic heterocycles.